The number of alkyl halides is 1. The van der Waals surface area contributed by atoms with Gasteiger partial charge in [-0.05, 0) is 32.5 Å². The Balaban J connectivity index is 0.000000253. The van der Waals surface area contributed by atoms with E-state index in [2.05, 4.69) is 25.9 Å². The van der Waals surface area contributed by atoms with E-state index in [9.17, 15) is 43.4 Å². The summed E-state index contributed by atoms with van der Waals surface area (Å²) >= 11 is 9.28. The van der Waals surface area contributed by atoms with Gasteiger partial charge in [0.2, 0.25) is 0 Å². The fourth-order valence-electron chi connectivity index (χ4n) is 4.30. The van der Waals surface area contributed by atoms with Crippen LogP contribution in [0.3, 0.4) is 0 Å². The number of benzene rings is 2. The van der Waals surface area contributed by atoms with E-state index in [-0.39, 0.29) is 10.5 Å². The molecule has 0 unspecified atom stereocenters. The van der Waals surface area contributed by atoms with Crippen molar-refractivity contribution in [3.63, 3.8) is 0 Å². The number of aromatic nitrogens is 2. The van der Waals surface area contributed by atoms with Crippen LogP contribution < -0.4 is 9.47 Å². The summed E-state index contributed by atoms with van der Waals surface area (Å²) in [5, 5.41) is 0. The van der Waals surface area contributed by atoms with Crippen LogP contribution in [0.2, 0.25) is 0 Å². The fourth-order valence-corrected chi connectivity index (χ4v) is 5.08. The lowest BCUT2D eigenvalue weighted by atomic mass is 10.0. The maximum absolute atomic E-state index is 14.7. The number of fused-ring (bicyclic) bond motifs is 4. The van der Waals surface area contributed by atoms with Crippen LogP contribution in [0.4, 0.5) is 43.4 Å². The number of hydrogen-bond acceptors (Lipinski definition) is 4. The molecule has 0 spiro atoms. The van der Waals surface area contributed by atoms with Crippen molar-refractivity contribution in [2.75, 3.05) is 59.5 Å². The molecule has 0 saturated carbocycles. The third-order valence-electron chi connectivity index (χ3n) is 6.51. The maximum atomic E-state index is 14.7. The van der Waals surface area contributed by atoms with Crippen LogP contribution in [0.1, 0.15) is 0 Å². The van der Waals surface area contributed by atoms with Gasteiger partial charge < -0.3 is 44.0 Å². The third-order valence-corrected chi connectivity index (χ3v) is 7.66. The highest BCUT2D eigenvalue weighted by Crippen LogP contribution is 2.37. The van der Waals surface area contributed by atoms with Crippen molar-refractivity contribution in [2.24, 2.45) is 0 Å². The number of quaternary nitrogens is 2. The molecule has 3 fully saturated rings. The molecule has 0 radical (unpaired) electrons. The van der Waals surface area contributed by atoms with Gasteiger partial charge in [-0.25, -0.2) is 4.39 Å². The molecular weight excluding hydrogens is 691 g/mol. The second-order valence-electron chi connectivity index (χ2n) is 9.36. The second kappa shape index (κ2) is 15.0. The van der Waals surface area contributed by atoms with E-state index in [4.69, 9.17) is 21.1 Å². The Kier molecular flexibility index (Phi) is 12.8. The van der Waals surface area contributed by atoms with E-state index in [0.717, 1.165) is 28.6 Å². The molecule has 3 aliphatic heterocycles. The number of halogens is 12. The predicted octanol–water partition coefficient (Wildman–Crippen LogP) is 7.54. The lowest BCUT2D eigenvalue weighted by Gasteiger charge is -2.48. The molecule has 2 aromatic carbocycles. The minimum Gasteiger partial charge on any atom is -0.497 e. The lowest BCUT2D eigenvalue weighted by molar-refractivity contribution is -1.15. The highest BCUT2D eigenvalue weighted by Gasteiger charge is 2.50. The number of ether oxygens (including phenoxy) is 2. The first kappa shape index (κ1) is 36.7. The molecule has 3 saturated heterocycles. The van der Waals surface area contributed by atoms with Gasteiger partial charge in [-0.2, -0.15) is 0 Å². The van der Waals surface area contributed by atoms with Crippen LogP contribution >= 0.6 is 27.5 Å². The molecule has 0 atom stereocenters. The molecule has 20 heteroatoms. The Hall–Kier alpha value is -2.50. The fraction of sp³-hybridized carbons (Fsp3) is 0.391. The lowest BCUT2D eigenvalue weighted by Crippen LogP contribution is -2.71. The van der Waals surface area contributed by atoms with Crippen molar-refractivity contribution in [1.82, 2.24) is 9.97 Å². The third kappa shape index (κ3) is 11.5. The van der Waals surface area contributed by atoms with Gasteiger partial charge in [-0.15, -0.1) is 4.71 Å². The Morgan fingerprint density at radius 2 is 1.28 bits per heavy atom. The zero-order chi connectivity index (χ0) is 32.6. The largest absolute Gasteiger partial charge is 0.673 e. The number of piperazine rings is 3. The Morgan fingerprint density at radius 3 is 1.72 bits per heavy atom. The summed E-state index contributed by atoms with van der Waals surface area (Å²) in [5.74, 6) is 0.167. The molecule has 43 heavy (non-hydrogen) atoms. The van der Waals surface area contributed by atoms with Gasteiger partial charge in [0, 0.05) is 34.1 Å². The molecule has 240 valence electrons. The normalized spacial score (nSPS) is 21.0. The van der Waals surface area contributed by atoms with E-state index >= 15 is 0 Å². The molecule has 4 heterocycles. The summed E-state index contributed by atoms with van der Waals surface area (Å²) in [6, 6.07) is 7.40. The van der Waals surface area contributed by atoms with E-state index in [1.165, 1.54) is 20.3 Å². The summed E-state index contributed by atoms with van der Waals surface area (Å²) in [6.07, 6.45) is 3.17. The minimum atomic E-state index is -6.00. The van der Waals surface area contributed by atoms with Crippen molar-refractivity contribution < 1.29 is 62.1 Å². The Labute approximate surface area is 254 Å². The predicted molar refractivity (Wildman–Crippen MR) is 148 cm³/mol. The molecular formula is C23H26B2BrClF10N4O2. The highest BCUT2D eigenvalue weighted by atomic mass is 79.9. The van der Waals surface area contributed by atoms with E-state index in [1.54, 1.807) is 24.5 Å². The second-order valence-corrected chi connectivity index (χ2v) is 10.5. The number of rotatable bonds is 4. The van der Waals surface area contributed by atoms with Crippen molar-refractivity contribution in [1.29, 1.82) is 0 Å². The van der Waals surface area contributed by atoms with Gasteiger partial charge in [0.15, 0.2) is 37.2 Å². The maximum Gasteiger partial charge on any atom is 0.673 e. The van der Waals surface area contributed by atoms with Gasteiger partial charge >= 0.3 is 14.5 Å². The summed E-state index contributed by atoms with van der Waals surface area (Å²) in [7, 11) is -9.06. The molecule has 1 aromatic heterocycles. The van der Waals surface area contributed by atoms with Crippen LogP contribution in [0.15, 0.2) is 41.1 Å². The standard InChI is InChI=1S/C16H12BrFN2O2.C7H14ClFN2.2BF4/c1-21-9-7-11(14(18)13(8-9)22-2)10-3-4-12(17)16-15(10)19-5-6-20-16;8-7-10-1-4-11(9,5-2-10)6-3-10;2*2-1(3,4)5/h3-8H,1-2H3;1-7H2;;/q;+2;2*-1. The van der Waals surface area contributed by atoms with Gasteiger partial charge in [0.05, 0.1) is 19.7 Å². The zero-order valence-electron chi connectivity index (χ0n) is 22.7. The van der Waals surface area contributed by atoms with Gasteiger partial charge in [-0.3, -0.25) is 14.5 Å². The molecule has 2 bridgehead atoms. The minimum absolute atomic E-state index is 0.120. The zero-order valence-corrected chi connectivity index (χ0v) is 25.1. The monoisotopic (exact) mass is 716 g/mol. The number of nitrogens with zero attached hydrogens (tertiary/aromatic N) is 4. The van der Waals surface area contributed by atoms with Crippen molar-refractivity contribution in [3.05, 3.63) is 46.9 Å². The number of hydrogen-bond donors (Lipinski definition) is 0. The first-order chi connectivity index (χ1) is 19.8. The topological polar surface area (TPSA) is 44.2 Å². The van der Waals surface area contributed by atoms with E-state index in [1.807, 2.05) is 6.07 Å². The molecule has 3 aromatic rings. The molecule has 0 N–H and O–H groups in total. The molecule has 6 nitrogen and oxygen atoms in total. The first-order valence-corrected chi connectivity index (χ1v) is 13.7. The van der Waals surface area contributed by atoms with Gasteiger partial charge in [0.1, 0.15) is 30.9 Å². The molecule has 0 amide bonds. The molecule has 3 aliphatic rings. The SMILES string of the molecule is COc1cc(OC)c(F)c(-c2ccc(Br)c3nccnc23)c1.F[B-](F)(F)F.F[B-](F)(F)F.F[N+]12CC[N+](CCl)(CC1)CC2. The highest BCUT2D eigenvalue weighted by molar-refractivity contribution is 9.10. The average Bonchev–Trinajstić information content (AvgIpc) is 2.93. The molecule has 6 rings (SSSR count). The summed E-state index contributed by atoms with van der Waals surface area (Å²) in [5.41, 5.74) is 2.25. The average molecular weight is 717 g/mol. The van der Waals surface area contributed by atoms with Gasteiger partial charge in [0.25, 0.3) is 0 Å². The van der Waals surface area contributed by atoms with Crippen molar-refractivity contribution >= 4 is 53.1 Å². The van der Waals surface area contributed by atoms with Crippen molar-refractivity contribution in [2.45, 2.75) is 0 Å². The van der Waals surface area contributed by atoms with Crippen molar-refractivity contribution in [3.8, 4) is 22.6 Å². The van der Waals surface area contributed by atoms with Crippen LogP contribution in [-0.2, 0) is 0 Å². The van der Waals surface area contributed by atoms with Crippen LogP contribution in [0.5, 0.6) is 11.5 Å². The Morgan fingerprint density at radius 1 is 0.791 bits per heavy atom. The Bertz CT molecular complexity index is 1330. The first-order valence-electron chi connectivity index (χ1n) is 12.4. The molecule has 0 aliphatic carbocycles. The van der Waals surface area contributed by atoms with Crippen LogP contribution in [0.25, 0.3) is 22.2 Å². The van der Waals surface area contributed by atoms with Crippen LogP contribution in [-0.4, -0.2) is 93.2 Å². The van der Waals surface area contributed by atoms with Gasteiger partial charge in [-0.1, -0.05) is 17.7 Å². The quantitative estimate of drug-likeness (QED) is 0.0699. The summed E-state index contributed by atoms with van der Waals surface area (Å²) in [4.78, 5) is 8.62. The van der Waals surface area contributed by atoms with Crippen LogP contribution in [0, 0.1) is 5.82 Å². The summed E-state index contributed by atoms with van der Waals surface area (Å²) < 4.78 is 118. The number of methoxy groups -OCH3 is 2. The van der Waals surface area contributed by atoms with E-state index in [0.29, 0.717) is 53.5 Å². The van der Waals surface area contributed by atoms with E-state index < -0.39 is 20.3 Å². The summed E-state index contributed by atoms with van der Waals surface area (Å²) in [6.45, 7) is 4.81. The smallest absolute Gasteiger partial charge is 0.497 e.